The second kappa shape index (κ2) is 8.37. The van der Waals surface area contributed by atoms with E-state index in [1.165, 1.54) is 16.7 Å². The third kappa shape index (κ3) is 5.13. The van der Waals surface area contributed by atoms with Gasteiger partial charge in [-0.2, -0.15) is 0 Å². The van der Waals surface area contributed by atoms with Gasteiger partial charge in [-0.15, -0.1) is 0 Å². The molecule has 0 fully saturated rings. The largest absolute Gasteiger partial charge is 0.494 e. The van der Waals surface area contributed by atoms with Crippen molar-refractivity contribution in [3.8, 4) is 5.75 Å². The zero-order valence-corrected chi connectivity index (χ0v) is 14.2. The van der Waals surface area contributed by atoms with Gasteiger partial charge < -0.3 is 10.1 Å². The van der Waals surface area contributed by atoms with Gasteiger partial charge in [0.2, 0.25) is 5.91 Å². The first-order valence-corrected chi connectivity index (χ1v) is 8.13. The van der Waals surface area contributed by atoms with Gasteiger partial charge in [0.25, 0.3) is 0 Å². The van der Waals surface area contributed by atoms with Gasteiger partial charge in [0.15, 0.2) is 0 Å². The normalized spacial score (nSPS) is 10.4. The standard InChI is InChI=1S/C20H25NO2/c1-4-23-19-8-6-5-7-18(19)14-21-20(22)12-11-17-10-9-15(2)13-16(17)3/h5-10,13H,4,11-12,14H2,1-3H3,(H,21,22). The smallest absolute Gasteiger partial charge is 0.220 e. The molecule has 2 rings (SSSR count). The number of carbonyl (C=O) groups excluding carboxylic acids is 1. The van der Waals surface area contributed by atoms with Gasteiger partial charge in [-0.05, 0) is 44.4 Å². The summed E-state index contributed by atoms with van der Waals surface area (Å²) in [4.78, 5) is 12.1. The van der Waals surface area contributed by atoms with E-state index in [2.05, 4.69) is 37.4 Å². The number of carbonyl (C=O) groups is 1. The van der Waals surface area contributed by atoms with Crippen LogP contribution in [0.4, 0.5) is 0 Å². The number of benzene rings is 2. The minimum absolute atomic E-state index is 0.0660. The van der Waals surface area contributed by atoms with Crippen LogP contribution in [0.5, 0.6) is 5.75 Å². The SMILES string of the molecule is CCOc1ccccc1CNC(=O)CCc1ccc(C)cc1C. The van der Waals surface area contributed by atoms with Crippen LogP contribution in [0.3, 0.4) is 0 Å². The molecule has 1 N–H and O–H groups in total. The van der Waals surface area contributed by atoms with Gasteiger partial charge in [-0.1, -0.05) is 42.0 Å². The Labute approximate surface area is 138 Å². The van der Waals surface area contributed by atoms with Crippen LogP contribution in [0, 0.1) is 13.8 Å². The summed E-state index contributed by atoms with van der Waals surface area (Å²) in [7, 11) is 0. The lowest BCUT2D eigenvalue weighted by Crippen LogP contribution is -2.23. The molecule has 0 aliphatic carbocycles. The van der Waals surface area contributed by atoms with E-state index < -0.39 is 0 Å². The van der Waals surface area contributed by atoms with Gasteiger partial charge in [-0.3, -0.25) is 4.79 Å². The van der Waals surface area contributed by atoms with Crippen LogP contribution in [-0.4, -0.2) is 12.5 Å². The van der Waals surface area contributed by atoms with Crippen LogP contribution in [0.25, 0.3) is 0 Å². The number of ether oxygens (including phenoxy) is 1. The van der Waals surface area contributed by atoms with Gasteiger partial charge in [0.05, 0.1) is 6.61 Å². The molecule has 0 unspecified atom stereocenters. The highest BCUT2D eigenvalue weighted by Crippen LogP contribution is 2.17. The second-order valence-electron chi connectivity index (χ2n) is 5.75. The van der Waals surface area contributed by atoms with Crippen LogP contribution in [0.2, 0.25) is 0 Å². The Morgan fingerprint density at radius 1 is 1.09 bits per heavy atom. The van der Waals surface area contributed by atoms with E-state index in [0.717, 1.165) is 17.7 Å². The lowest BCUT2D eigenvalue weighted by molar-refractivity contribution is -0.121. The van der Waals surface area contributed by atoms with Crippen LogP contribution < -0.4 is 10.1 Å². The van der Waals surface area contributed by atoms with Crippen LogP contribution in [0.1, 0.15) is 35.6 Å². The highest BCUT2D eigenvalue weighted by Gasteiger charge is 2.07. The highest BCUT2D eigenvalue weighted by atomic mass is 16.5. The van der Waals surface area contributed by atoms with Crippen molar-refractivity contribution in [2.24, 2.45) is 0 Å². The molecule has 23 heavy (non-hydrogen) atoms. The molecule has 0 saturated carbocycles. The molecule has 0 bridgehead atoms. The molecule has 2 aromatic rings. The first-order valence-electron chi connectivity index (χ1n) is 8.13. The Morgan fingerprint density at radius 3 is 2.61 bits per heavy atom. The van der Waals surface area contributed by atoms with Crippen molar-refractivity contribution >= 4 is 5.91 Å². The first-order chi connectivity index (χ1) is 11.1. The molecular formula is C20H25NO2. The zero-order chi connectivity index (χ0) is 16.7. The molecule has 0 aliphatic heterocycles. The Hall–Kier alpha value is -2.29. The Morgan fingerprint density at radius 2 is 1.87 bits per heavy atom. The van der Waals surface area contributed by atoms with E-state index in [9.17, 15) is 4.79 Å². The second-order valence-corrected chi connectivity index (χ2v) is 5.75. The van der Waals surface area contributed by atoms with Crippen molar-refractivity contribution in [2.75, 3.05) is 6.61 Å². The van der Waals surface area contributed by atoms with Crippen molar-refractivity contribution in [3.05, 3.63) is 64.7 Å². The third-order valence-electron chi connectivity index (χ3n) is 3.87. The predicted octanol–water partition coefficient (Wildman–Crippen LogP) is 3.95. The van der Waals surface area contributed by atoms with Gasteiger partial charge in [-0.25, -0.2) is 0 Å². The van der Waals surface area contributed by atoms with Crippen molar-refractivity contribution in [1.82, 2.24) is 5.32 Å². The number of para-hydroxylation sites is 1. The topological polar surface area (TPSA) is 38.3 Å². The fourth-order valence-corrected chi connectivity index (χ4v) is 2.60. The van der Waals surface area contributed by atoms with Crippen molar-refractivity contribution in [2.45, 2.75) is 40.2 Å². The summed E-state index contributed by atoms with van der Waals surface area (Å²) in [6, 6.07) is 14.2. The lowest BCUT2D eigenvalue weighted by Gasteiger charge is -2.11. The zero-order valence-electron chi connectivity index (χ0n) is 14.2. The van der Waals surface area contributed by atoms with Crippen LogP contribution in [0.15, 0.2) is 42.5 Å². The number of aryl methyl sites for hydroxylation is 3. The fraction of sp³-hybridized carbons (Fsp3) is 0.350. The minimum atomic E-state index is 0.0660. The van der Waals surface area contributed by atoms with Crippen LogP contribution in [-0.2, 0) is 17.8 Å². The maximum absolute atomic E-state index is 12.1. The molecule has 0 aliphatic rings. The molecule has 0 saturated heterocycles. The van der Waals surface area contributed by atoms with E-state index >= 15 is 0 Å². The van der Waals surface area contributed by atoms with Crippen LogP contribution >= 0.6 is 0 Å². The maximum atomic E-state index is 12.1. The summed E-state index contributed by atoms with van der Waals surface area (Å²) in [6.07, 6.45) is 1.27. The quantitative estimate of drug-likeness (QED) is 0.841. The Balaban J connectivity index is 1.86. The molecule has 0 atom stereocenters. The maximum Gasteiger partial charge on any atom is 0.220 e. The summed E-state index contributed by atoms with van der Waals surface area (Å²) in [5, 5.41) is 2.98. The average molecular weight is 311 g/mol. The number of hydrogen-bond donors (Lipinski definition) is 1. The van der Waals surface area contributed by atoms with E-state index in [1.54, 1.807) is 0 Å². The summed E-state index contributed by atoms with van der Waals surface area (Å²) in [5.41, 5.74) is 4.75. The number of hydrogen-bond acceptors (Lipinski definition) is 2. The number of rotatable bonds is 7. The monoisotopic (exact) mass is 311 g/mol. The average Bonchev–Trinajstić information content (AvgIpc) is 2.53. The molecule has 122 valence electrons. The van der Waals surface area contributed by atoms with Crippen molar-refractivity contribution in [3.63, 3.8) is 0 Å². The van der Waals surface area contributed by atoms with E-state index in [4.69, 9.17) is 4.74 Å². The van der Waals surface area contributed by atoms with Crippen molar-refractivity contribution in [1.29, 1.82) is 0 Å². The molecule has 3 nitrogen and oxygen atoms in total. The molecular weight excluding hydrogens is 286 g/mol. The summed E-state index contributed by atoms with van der Waals surface area (Å²) in [6.45, 7) is 7.26. The number of nitrogens with one attached hydrogen (secondary N) is 1. The Kier molecular flexibility index (Phi) is 6.21. The highest BCUT2D eigenvalue weighted by molar-refractivity contribution is 5.76. The van der Waals surface area contributed by atoms with Gasteiger partial charge >= 0.3 is 0 Å². The summed E-state index contributed by atoms with van der Waals surface area (Å²) < 4.78 is 5.57. The van der Waals surface area contributed by atoms with Crippen molar-refractivity contribution < 1.29 is 9.53 Å². The molecule has 0 aromatic heterocycles. The predicted molar refractivity (Wildman–Crippen MR) is 93.7 cm³/mol. The summed E-state index contributed by atoms with van der Waals surface area (Å²) >= 11 is 0. The summed E-state index contributed by atoms with van der Waals surface area (Å²) in [5.74, 6) is 0.904. The van der Waals surface area contributed by atoms with E-state index in [0.29, 0.717) is 19.6 Å². The first kappa shape index (κ1) is 17.1. The molecule has 0 radical (unpaired) electrons. The lowest BCUT2D eigenvalue weighted by atomic mass is 10.0. The third-order valence-corrected chi connectivity index (χ3v) is 3.87. The molecule has 3 heteroatoms. The number of amides is 1. The van der Waals surface area contributed by atoms with E-state index in [-0.39, 0.29) is 5.91 Å². The fourth-order valence-electron chi connectivity index (χ4n) is 2.60. The molecule has 0 spiro atoms. The molecule has 0 heterocycles. The Bertz CT molecular complexity index is 664. The van der Waals surface area contributed by atoms with Gasteiger partial charge in [0, 0.05) is 18.5 Å². The van der Waals surface area contributed by atoms with Gasteiger partial charge in [0.1, 0.15) is 5.75 Å². The molecule has 2 aromatic carbocycles. The van der Waals surface area contributed by atoms with E-state index in [1.807, 2.05) is 31.2 Å². The molecule has 1 amide bonds. The minimum Gasteiger partial charge on any atom is -0.494 e.